The number of hydrogen-bond acceptors (Lipinski definition) is 8. The van der Waals surface area contributed by atoms with Gasteiger partial charge in [-0.25, -0.2) is 0 Å². The Hall–Kier alpha value is -2.44. The first kappa shape index (κ1) is 16.9. The Morgan fingerprint density at radius 3 is 2.57 bits per heavy atom. The number of thiocarbonyl (C=S) groups is 1. The van der Waals surface area contributed by atoms with Crippen molar-refractivity contribution in [3.05, 3.63) is 43.3 Å². The fraction of sp³-hybridized carbons (Fsp3) is 0.0909. The molecule has 0 radical (unpaired) electrons. The van der Waals surface area contributed by atoms with Gasteiger partial charge in [-0.15, -0.1) is 11.3 Å². The molecular weight excluding hydrogens is 362 g/mol. The third-order valence-electron chi connectivity index (χ3n) is 2.60. The van der Waals surface area contributed by atoms with Crippen LogP contribution in [0.5, 0.6) is 0 Å². The second-order valence-corrected chi connectivity index (χ2v) is 6.70. The zero-order valence-electron chi connectivity index (χ0n) is 11.5. The molecule has 2 aromatic heterocycles. The van der Waals surface area contributed by atoms with Crippen molar-refractivity contribution in [3.63, 3.8) is 0 Å². The number of nitro groups is 2. The van der Waals surface area contributed by atoms with E-state index < -0.39 is 9.85 Å². The Morgan fingerprint density at radius 1 is 1.30 bits per heavy atom. The molecule has 2 heterocycles. The third kappa shape index (κ3) is 3.85. The van der Waals surface area contributed by atoms with Gasteiger partial charge in [0.15, 0.2) is 5.11 Å². The first-order chi connectivity index (χ1) is 10.8. The minimum Gasteiger partial charge on any atom is -0.375 e. The Labute approximate surface area is 142 Å². The second kappa shape index (κ2) is 6.76. The van der Waals surface area contributed by atoms with Gasteiger partial charge in [0.25, 0.3) is 5.69 Å². The summed E-state index contributed by atoms with van der Waals surface area (Å²) in [7, 11) is 0. The molecule has 2 aromatic rings. The highest BCUT2D eigenvalue weighted by Crippen LogP contribution is 2.44. The fourth-order valence-corrected chi connectivity index (χ4v) is 3.68. The molecule has 0 saturated carbocycles. The number of nitrogens with zero attached hydrogens (tertiary/aromatic N) is 3. The summed E-state index contributed by atoms with van der Waals surface area (Å²) >= 11 is 6.64. The van der Waals surface area contributed by atoms with E-state index in [1.165, 1.54) is 11.3 Å². The van der Waals surface area contributed by atoms with Crippen LogP contribution in [0.3, 0.4) is 0 Å². The second-order valence-electron chi connectivity index (χ2n) is 4.15. The first-order valence-electron chi connectivity index (χ1n) is 5.92. The van der Waals surface area contributed by atoms with Gasteiger partial charge >= 0.3 is 5.00 Å². The van der Waals surface area contributed by atoms with Crippen LogP contribution in [-0.4, -0.2) is 20.7 Å². The molecule has 3 N–H and O–H groups in total. The Kier molecular flexibility index (Phi) is 4.98. The summed E-state index contributed by atoms with van der Waals surface area (Å²) in [6.45, 7) is 1.71. The van der Waals surface area contributed by atoms with Gasteiger partial charge < -0.3 is 5.73 Å². The summed E-state index contributed by atoms with van der Waals surface area (Å²) in [5.41, 5.74) is 8.03. The molecule has 0 fully saturated rings. The molecule has 12 heteroatoms. The van der Waals surface area contributed by atoms with Crippen molar-refractivity contribution in [2.45, 2.75) is 6.92 Å². The van der Waals surface area contributed by atoms with Crippen molar-refractivity contribution in [2.75, 3.05) is 0 Å². The largest absolute Gasteiger partial charge is 0.375 e. The van der Waals surface area contributed by atoms with Crippen LogP contribution in [0, 0.1) is 20.2 Å². The molecule has 0 unspecified atom stereocenters. The van der Waals surface area contributed by atoms with Crippen LogP contribution in [0.2, 0.25) is 0 Å². The SMILES string of the molecule is C/C(=N/NC(N)=S)c1ccc(-c2sc([N+](=O)[O-])cc2[N+](=O)[O-])s1. The molecule has 9 nitrogen and oxygen atoms in total. The lowest BCUT2D eigenvalue weighted by molar-refractivity contribution is -0.389. The van der Waals surface area contributed by atoms with E-state index in [0.29, 0.717) is 10.6 Å². The number of thiophene rings is 2. The van der Waals surface area contributed by atoms with Gasteiger partial charge in [-0.3, -0.25) is 25.7 Å². The first-order valence-corrected chi connectivity index (χ1v) is 7.96. The van der Waals surface area contributed by atoms with E-state index >= 15 is 0 Å². The van der Waals surface area contributed by atoms with Crippen LogP contribution < -0.4 is 11.2 Å². The van der Waals surface area contributed by atoms with E-state index in [1.807, 2.05) is 0 Å². The Bertz CT molecular complexity index is 825. The maximum absolute atomic E-state index is 11.1. The molecular formula is C11H9N5O4S3. The molecule has 2 rings (SSSR count). The van der Waals surface area contributed by atoms with Crippen LogP contribution in [0.1, 0.15) is 11.8 Å². The monoisotopic (exact) mass is 371 g/mol. The maximum Gasteiger partial charge on any atom is 0.331 e. The maximum atomic E-state index is 11.1. The quantitative estimate of drug-likeness (QED) is 0.357. The Morgan fingerprint density at radius 2 is 2.00 bits per heavy atom. The summed E-state index contributed by atoms with van der Waals surface area (Å²) < 4.78 is 0. The van der Waals surface area contributed by atoms with E-state index in [4.69, 9.17) is 5.73 Å². The molecule has 0 saturated heterocycles. The van der Waals surface area contributed by atoms with Crippen LogP contribution in [0.15, 0.2) is 23.3 Å². The van der Waals surface area contributed by atoms with Gasteiger partial charge in [-0.05, 0) is 31.3 Å². The molecule has 0 aliphatic carbocycles. The van der Waals surface area contributed by atoms with Crippen molar-refractivity contribution in [3.8, 4) is 9.75 Å². The average Bonchev–Trinajstić information content (AvgIpc) is 3.10. The lowest BCUT2D eigenvalue weighted by atomic mass is 10.3. The molecule has 0 aromatic carbocycles. The minimum atomic E-state index is -0.644. The number of hydrazone groups is 1. The highest BCUT2D eigenvalue weighted by atomic mass is 32.1. The van der Waals surface area contributed by atoms with Gasteiger partial charge in [-0.1, -0.05) is 11.3 Å². The summed E-state index contributed by atoms with van der Waals surface area (Å²) in [4.78, 5) is 22.2. The zero-order chi connectivity index (χ0) is 17.1. The number of hydrogen-bond donors (Lipinski definition) is 2. The molecule has 0 atom stereocenters. The van der Waals surface area contributed by atoms with Crippen molar-refractivity contribution in [2.24, 2.45) is 10.8 Å². The molecule has 0 aliphatic rings. The highest BCUT2D eigenvalue weighted by Gasteiger charge is 2.27. The predicted molar refractivity (Wildman–Crippen MR) is 93.1 cm³/mol. The molecule has 23 heavy (non-hydrogen) atoms. The molecule has 0 spiro atoms. The normalized spacial score (nSPS) is 11.3. The standard InChI is InChI=1S/C11H9N5O4S3/c1-5(13-14-11(12)21)7-2-3-8(22-7)10-6(15(17)18)4-9(23-10)16(19)20/h2-4H,1H3,(H3,12,14,21)/b13-5-. The topological polar surface area (TPSA) is 137 Å². The highest BCUT2D eigenvalue weighted by molar-refractivity contribution is 7.80. The lowest BCUT2D eigenvalue weighted by Crippen LogP contribution is -2.25. The van der Waals surface area contributed by atoms with Crippen molar-refractivity contribution in [1.82, 2.24) is 5.43 Å². The van der Waals surface area contributed by atoms with Gasteiger partial charge in [0.1, 0.15) is 10.9 Å². The van der Waals surface area contributed by atoms with Crippen molar-refractivity contribution < 1.29 is 9.85 Å². The number of nitrogens with one attached hydrogen (secondary N) is 1. The predicted octanol–water partition coefficient (Wildman–Crippen LogP) is 2.85. The minimum absolute atomic E-state index is 0.0191. The smallest absolute Gasteiger partial charge is 0.331 e. The lowest BCUT2D eigenvalue weighted by Gasteiger charge is -1.98. The van der Waals surface area contributed by atoms with Crippen LogP contribution in [0.25, 0.3) is 9.75 Å². The van der Waals surface area contributed by atoms with E-state index in [2.05, 4.69) is 22.7 Å². The summed E-state index contributed by atoms with van der Waals surface area (Å²) in [5.74, 6) is 0. The Balaban J connectivity index is 2.40. The van der Waals surface area contributed by atoms with Gasteiger partial charge in [0.2, 0.25) is 0 Å². The van der Waals surface area contributed by atoms with Gasteiger partial charge in [-0.2, -0.15) is 5.10 Å². The van der Waals surface area contributed by atoms with Crippen LogP contribution in [0.4, 0.5) is 10.7 Å². The summed E-state index contributed by atoms with van der Waals surface area (Å²) in [5, 5.41) is 25.6. The molecule has 120 valence electrons. The van der Waals surface area contributed by atoms with Crippen molar-refractivity contribution in [1.29, 1.82) is 0 Å². The summed E-state index contributed by atoms with van der Waals surface area (Å²) in [6, 6.07) is 4.34. The fourth-order valence-electron chi connectivity index (χ4n) is 1.62. The van der Waals surface area contributed by atoms with Crippen LogP contribution >= 0.6 is 34.9 Å². The summed E-state index contributed by atoms with van der Waals surface area (Å²) in [6.07, 6.45) is 0. The van der Waals surface area contributed by atoms with E-state index in [-0.39, 0.29) is 20.7 Å². The van der Waals surface area contributed by atoms with Crippen molar-refractivity contribution >= 4 is 56.4 Å². The third-order valence-corrected chi connectivity index (χ3v) is 5.14. The van der Waals surface area contributed by atoms with Crippen LogP contribution in [-0.2, 0) is 0 Å². The van der Waals surface area contributed by atoms with E-state index in [1.54, 1.807) is 19.1 Å². The average molecular weight is 371 g/mol. The molecule has 0 aliphatic heterocycles. The van der Waals surface area contributed by atoms with E-state index in [0.717, 1.165) is 22.3 Å². The van der Waals surface area contributed by atoms with Gasteiger partial charge in [0.05, 0.1) is 25.3 Å². The van der Waals surface area contributed by atoms with E-state index in [9.17, 15) is 20.2 Å². The van der Waals surface area contributed by atoms with Gasteiger partial charge in [0, 0.05) is 0 Å². The number of nitrogens with two attached hydrogens (primary N) is 1. The number of rotatable bonds is 5. The zero-order valence-corrected chi connectivity index (χ0v) is 14.0. The molecule has 0 amide bonds. The molecule has 0 bridgehead atoms.